The summed E-state index contributed by atoms with van der Waals surface area (Å²) in [5.74, 6) is 2.41. The van der Waals surface area contributed by atoms with Crippen molar-refractivity contribution >= 4 is 0 Å². The first-order chi connectivity index (χ1) is 9.31. The molecule has 5 heteroatoms. The zero-order valence-corrected chi connectivity index (χ0v) is 12.2. The first-order valence-electron chi connectivity index (χ1n) is 7.56. The highest BCUT2D eigenvalue weighted by Gasteiger charge is 2.20. The first-order valence-corrected chi connectivity index (χ1v) is 7.56. The van der Waals surface area contributed by atoms with Gasteiger partial charge in [-0.2, -0.15) is 4.98 Å². The number of hydrogen-bond acceptors (Lipinski definition) is 5. The maximum absolute atomic E-state index is 5.14. The molecule has 0 bridgehead atoms. The fourth-order valence-corrected chi connectivity index (χ4v) is 2.53. The van der Waals surface area contributed by atoms with Crippen LogP contribution in [-0.2, 0) is 13.0 Å². The van der Waals surface area contributed by atoms with E-state index in [0.717, 1.165) is 50.2 Å². The number of nitrogens with zero attached hydrogens (tertiary/aromatic N) is 3. The molecule has 0 spiro atoms. The van der Waals surface area contributed by atoms with Gasteiger partial charge in [0, 0.05) is 6.42 Å². The number of aryl methyl sites for hydroxylation is 1. The van der Waals surface area contributed by atoms with Gasteiger partial charge in [-0.15, -0.1) is 0 Å². The molecule has 19 heavy (non-hydrogen) atoms. The lowest BCUT2D eigenvalue weighted by Crippen LogP contribution is -2.37. The van der Waals surface area contributed by atoms with Crippen molar-refractivity contribution in [2.75, 3.05) is 26.2 Å². The summed E-state index contributed by atoms with van der Waals surface area (Å²) in [6.07, 6.45) is 4.58. The van der Waals surface area contributed by atoms with E-state index in [0.29, 0.717) is 0 Å². The van der Waals surface area contributed by atoms with Crippen molar-refractivity contribution < 1.29 is 4.52 Å². The van der Waals surface area contributed by atoms with Crippen LogP contribution in [0.15, 0.2) is 4.52 Å². The van der Waals surface area contributed by atoms with Gasteiger partial charge in [-0.25, -0.2) is 0 Å². The summed E-state index contributed by atoms with van der Waals surface area (Å²) in [5, 5.41) is 7.54. The van der Waals surface area contributed by atoms with Gasteiger partial charge in [0.15, 0.2) is 5.82 Å². The largest absolute Gasteiger partial charge is 0.339 e. The Hall–Kier alpha value is -0.940. The van der Waals surface area contributed by atoms with Crippen LogP contribution in [0.5, 0.6) is 0 Å². The van der Waals surface area contributed by atoms with Crippen molar-refractivity contribution in [2.24, 2.45) is 5.92 Å². The van der Waals surface area contributed by atoms with Gasteiger partial charge in [0.1, 0.15) is 0 Å². The van der Waals surface area contributed by atoms with E-state index in [-0.39, 0.29) is 0 Å². The molecule has 0 amide bonds. The Bertz CT molecular complexity index is 358. The summed E-state index contributed by atoms with van der Waals surface area (Å²) in [6, 6.07) is 0. The molecule has 1 aliphatic rings. The van der Waals surface area contributed by atoms with Crippen molar-refractivity contribution in [3.8, 4) is 0 Å². The standard InChI is InChI=1S/C14H26N4O/c1-3-7-15-10-12-5-8-18(9-6-12)11-13-16-14(4-2)19-17-13/h12,15H,3-11H2,1-2H3. The van der Waals surface area contributed by atoms with Gasteiger partial charge in [-0.3, -0.25) is 4.90 Å². The molecule has 0 aromatic carbocycles. The number of piperidine rings is 1. The molecular weight excluding hydrogens is 240 g/mol. The summed E-state index contributed by atoms with van der Waals surface area (Å²) in [6.45, 7) is 9.69. The monoisotopic (exact) mass is 266 g/mol. The third-order valence-electron chi connectivity index (χ3n) is 3.74. The van der Waals surface area contributed by atoms with Crippen LogP contribution in [0.2, 0.25) is 0 Å². The number of aromatic nitrogens is 2. The van der Waals surface area contributed by atoms with E-state index in [1.165, 1.54) is 25.8 Å². The molecule has 0 saturated carbocycles. The second kappa shape index (κ2) is 7.60. The van der Waals surface area contributed by atoms with Crippen molar-refractivity contribution in [3.05, 3.63) is 11.7 Å². The Morgan fingerprint density at radius 1 is 1.32 bits per heavy atom. The number of nitrogens with one attached hydrogen (secondary N) is 1. The van der Waals surface area contributed by atoms with Crippen LogP contribution in [0.25, 0.3) is 0 Å². The smallest absolute Gasteiger partial charge is 0.226 e. The fourth-order valence-electron chi connectivity index (χ4n) is 2.53. The maximum Gasteiger partial charge on any atom is 0.226 e. The van der Waals surface area contributed by atoms with Crippen LogP contribution in [0.1, 0.15) is 44.8 Å². The minimum atomic E-state index is 0.744. The second-order valence-corrected chi connectivity index (χ2v) is 5.38. The van der Waals surface area contributed by atoms with Crippen LogP contribution in [0.3, 0.4) is 0 Å². The zero-order valence-electron chi connectivity index (χ0n) is 12.2. The summed E-state index contributed by atoms with van der Waals surface area (Å²) in [4.78, 5) is 6.80. The molecular formula is C14H26N4O. The average molecular weight is 266 g/mol. The predicted octanol–water partition coefficient (Wildman–Crippen LogP) is 1.84. The van der Waals surface area contributed by atoms with Gasteiger partial charge in [-0.05, 0) is 51.4 Å². The van der Waals surface area contributed by atoms with E-state index in [1.807, 2.05) is 6.92 Å². The highest BCUT2D eigenvalue weighted by atomic mass is 16.5. The maximum atomic E-state index is 5.14. The van der Waals surface area contributed by atoms with E-state index in [2.05, 4.69) is 27.3 Å². The Morgan fingerprint density at radius 2 is 2.11 bits per heavy atom. The van der Waals surface area contributed by atoms with Crippen LogP contribution in [0.4, 0.5) is 0 Å². The lowest BCUT2D eigenvalue weighted by Gasteiger charge is -2.31. The molecule has 108 valence electrons. The van der Waals surface area contributed by atoms with Crippen LogP contribution >= 0.6 is 0 Å². The second-order valence-electron chi connectivity index (χ2n) is 5.38. The molecule has 1 saturated heterocycles. The Morgan fingerprint density at radius 3 is 2.74 bits per heavy atom. The fraction of sp³-hybridized carbons (Fsp3) is 0.857. The normalized spacial score (nSPS) is 18.0. The number of rotatable bonds is 7. The van der Waals surface area contributed by atoms with Crippen LogP contribution < -0.4 is 5.32 Å². The molecule has 1 N–H and O–H groups in total. The molecule has 2 heterocycles. The molecule has 1 aliphatic heterocycles. The average Bonchev–Trinajstić information content (AvgIpc) is 2.89. The van der Waals surface area contributed by atoms with Gasteiger partial charge < -0.3 is 9.84 Å². The molecule has 0 unspecified atom stereocenters. The molecule has 1 fully saturated rings. The minimum absolute atomic E-state index is 0.744. The van der Waals surface area contributed by atoms with Crippen molar-refractivity contribution in [3.63, 3.8) is 0 Å². The number of hydrogen-bond donors (Lipinski definition) is 1. The van der Waals surface area contributed by atoms with Crippen molar-refractivity contribution in [2.45, 2.75) is 46.1 Å². The van der Waals surface area contributed by atoms with Crippen molar-refractivity contribution in [1.82, 2.24) is 20.4 Å². The van der Waals surface area contributed by atoms with E-state index < -0.39 is 0 Å². The van der Waals surface area contributed by atoms with Gasteiger partial charge in [0.25, 0.3) is 0 Å². The van der Waals surface area contributed by atoms with E-state index in [1.54, 1.807) is 0 Å². The summed E-state index contributed by atoms with van der Waals surface area (Å²) < 4.78 is 5.14. The van der Waals surface area contributed by atoms with Crippen molar-refractivity contribution in [1.29, 1.82) is 0 Å². The Kier molecular flexibility index (Phi) is 5.79. The van der Waals surface area contributed by atoms with Gasteiger partial charge >= 0.3 is 0 Å². The third-order valence-corrected chi connectivity index (χ3v) is 3.74. The lowest BCUT2D eigenvalue weighted by atomic mass is 9.97. The molecule has 0 radical (unpaired) electrons. The first kappa shape index (κ1) is 14.5. The van der Waals surface area contributed by atoms with E-state index >= 15 is 0 Å². The summed E-state index contributed by atoms with van der Waals surface area (Å²) in [5.41, 5.74) is 0. The van der Waals surface area contributed by atoms with Crippen LogP contribution in [-0.4, -0.2) is 41.2 Å². The molecule has 1 aromatic heterocycles. The highest BCUT2D eigenvalue weighted by molar-refractivity contribution is 4.87. The van der Waals surface area contributed by atoms with Gasteiger partial charge in [-0.1, -0.05) is 19.0 Å². The molecule has 5 nitrogen and oxygen atoms in total. The summed E-state index contributed by atoms with van der Waals surface area (Å²) in [7, 11) is 0. The lowest BCUT2D eigenvalue weighted by molar-refractivity contribution is 0.170. The summed E-state index contributed by atoms with van der Waals surface area (Å²) >= 11 is 0. The van der Waals surface area contributed by atoms with E-state index in [9.17, 15) is 0 Å². The topological polar surface area (TPSA) is 54.2 Å². The Labute approximate surface area is 115 Å². The third kappa shape index (κ3) is 4.58. The predicted molar refractivity (Wildman–Crippen MR) is 74.8 cm³/mol. The molecule has 2 rings (SSSR count). The highest BCUT2D eigenvalue weighted by Crippen LogP contribution is 2.17. The SMILES string of the molecule is CCCNCC1CCN(Cc2noc(CC)n2)CC1. The minimum Gasteiger partial charge on any atom is -0.339 e. The van der Waals surface area contributed by atoms with E-state index in [4.69, 9.17) is 4.52 Å². The Balaban J connectivity index is 1.68. The zero-order chi connectivity index (χ0) is 13.5. The molecule has 0 aliphatic carbocycles. The molecule has 1 aromatic rings. The number of likely N-dealkylation sites (tertiary alicyclic amines) is 1. The van der Waals surface area contributed by atoms with Gasteiger partial charge in [0.05, 0.1) is 6.54 Å². The molecule has 0 atom stereocenters. The van der Waals surface area contributed by atoms with Gasteiger partial charge in [0.2, 0.25) is 5.89 Å². The van der Waals surface area contributed by atoms with Crippen LogP contribution in [0, 0.1) is 5.92 Å². The quantitative estimate of drug-likeness (QED) is 0.763.